The number of nitrogens with one attached hydrogen (secondary N) is 1. The zero-order valence-corrected chi connectivity index (χ0v) is 12.6. The van der Waals surface area contributed by atoms with Crippen LogP contribution in [0, 0.1) is 5.92 Å². The molecule has 0 saturated heterocycles. The molecule has 4 heteroatoms. The van der Waals surface area contributed by atoms with E-state index < -0.39 is 6.10 Å². The summed E-state index contributed by atoms with van der Waals surface area (Å²) in [6, 6.07) is 7.33. The lowest BCUT2D eigenvalue weighted by molar-refractivity contribution is -0.115. The summed E-state index contributed by atoms with van der Waals surface area (Å²) in [6.45, 7) is 6.01. The summed E-state index contributed by atoms with van der Waals surface area (Å²) in [5.74, 6) is 0.475. The van der Waals surface area contributed by atoms with Crippen molar-refractivity contribution < 1.29 is 9.90 Å². The number of benzene rings is 1. The van der Waals surface area contributed by atoms with Crippen LogP contribution in [0.3, 0.4) is 0 Å². The Labute approximate surface area is 121 Å². The predicted octanol–water partition coefficient (Wildman–Crippen LogP) is 2.31. The monoisotopic (exact) mass is 278 g/mol. The average Bonchev–Trinajstić information content (AvgIpc) is 2.40. The van der Waals surface area contributed by atoms with Gasteiger partial charge in [0.1, 0.15) is 0 Å². The van der Waals surface area contributed by atoms with E-state index in [0.717, 1.165) is 17.7 Å². The molecule has 0 radical (unpaired) electrons. The highest BCUT2D eigenvalue weighted by atomic mass is 16.3. The summed E-state index contributed by atoms with van der Waals surface area (Å²) in [5, 5.41) is 12.9. The maximum atomic E-state index is 11.3. The molecule has 1 aromatic rings. The SMILES string of the molecule is CCC(=O)Nc1ccc(CC(O)[C@@H](N)CC(C)C)cc1. The van der Waals surface area contributed by atoms with E-state index in [2.05, 4.69) is 19.2 Å². The molecular formula is C16H26N2O2. The number of hydrogen-bond donors (Lipinski definition) is 3. The fourth-order valence-corrected chi connectivity index (χ4v) is 2.07. The molecule has 1 amide bonds. The van der Waals surface area contributed by atoms with Crippen LogP contribution in [0.2, 0.25) is 0 Å². The maximum Gasteiger partial charge on any atom is 0.224 e. The Morgan fingerprint density at radius 3 is 2.40 bits per heavy atom. The van der Waals surface area contributed by atoms with Crippen molar-refractivity contribution in [1.82, 2.24) is 0 Å². The van der Waals surface area contributed by atoms with Gasteiger partial charge in [-0.1, -0.05) is 32.9 Å². The average molecular weight is 278 g/mol. The van der Waals surface area contributed by atoms with Crippen LogP contribution in [0.15, 0.2) is 24.3 Å². The maximum absolute atomic E-state index is 11.3. The van der Waals surface area contributed by atoms with Crippen molar-refractivity contribution in [2.24, 2.45) is 11.7 Å². The molecule has 0 heterocycles. The van der Waals surface area contributed by atoms with Gasteiger partial charge in [-0.25, -0.2) is 0 Å². The minimum atomic E-state index is -0.534. The molecule has 4 nitrogen and oxygen atoms in total. The van der Waals surface area contributed by atoms with Gasteiger partial charge in [-0.2, -0.15) is 0 Å². The van der Waals surface area contributed by atoms with Crippen LogP contribution in [0.1, 0.15) is 39.2 Å². The van der Waals surface area contributed by atoms with E-state index in [4.69, 9.17) is 5.73 Å². The molecule has 0 aromatic heterocycles. The van der Waals surface area contributed by atoms with Gasteiger partial charge in [0.05, 0.1) is 6.10 Å². The Kier molecular flexibility index (Phi) is 6.68. The van der Waals surface area contributed by atoms with Gasteiger partial charge < -0.3 is 16.2 Å². The number of amides is 1. The highest BCUT2D eigenvalue weighted by molar-refractivity contribution is 5.90. The number of nitrogens with two attached hydrogens (primary N) is 1. The van der Waals surface area contributed by atoms with Crippen LogP contribution in [0.5, 0.6) is 0 Å². The van der Waals surface area contributed by atoms with Crippen LogP contribution in [-0.2, 0) is 11.2 Å². The number of anilines is 1. The van der Waals surface area contributed by atoms with E-state index in [1.54, 1.807) is 0 Å². The van der Waals surface area contributed by atoms with E-state index >= 15 is 0 Å². The Bertz CT molecular complexity index is 415. The van der Waals surface area contributed by atoms with Crippen molar-refractivity contribution >= 4 is 11.6 Å². The Morgan fingerprint density at radius 2 is 1.90 bits per heavy atom. The largest absolute Gasteiger partial charge is 0.391 e. The molecule has 0 aliphatic heterocycles. The van der Waals surface area contributed by atoms with E-state index in [-0.39, 0.29) is 11.9 Å². The van der Waals surface area contributed by atoms with E-state index in [9.17, 15) is 9.90 Å². The second kappa shape index (κ2) is 8.02. The third-order valence-corrected chi connectivity index (χ3v) is 3.24. The summed E-state index contributed by atoms with van der Waals surface area (Å²) in [5.41, 5.74) is 7.77. The van der Waals surface area contributed by atoms with Crippen molar-refractivity contribution in [3.8, 4) is 0 Å². The molecule has 0 spiro atoms. The third kappa shape index (κ3) is 5.72. The lowest BCUT2D eigenvalue weighted by Gasteiger charge is -2.20. The lowest BCUT2D eigenvalue weighted by atomic mass is 9.95. The molecule has 1 rings (SSSR count). The molecule has 1 aromatic carbocycles. The molecule has 0 aliphatic carbocycles. The van der Waals surface area contributed by atoms with Gasteiger partial charge in [-0.3, -0.25) is 4.79 Å². The molecule has 0 saturated carbocycles. The second-order valence-electron chi connectivity index (χ2n) is 5.66. The number of hydrogen-bond acceptors (Lipinski definition) is 3. The van der Waals surface area contributed by atoms with E-state index in [1.807, 2.05) is 31.2 Å². The van der Waals surface area contributed by atoms with Gasteiger partial charge >= 0.3 is 0 Å². The molecule has 112 valence electrons. The van der Waals surface area contributed by atoms with Gasteiger partial charge in [0, 0.05) is 18.2 Å². The summed E-state index contributed by atoms with van der Waals surface area (Å²) in [6.07, 6.45) is 1.28. The lowest BCUT2D eigenvalue weighted by Crippen LogP contribution is -2.37. The van der Waals surface area contributed by atoms with E-state index in [1.165, 1.54) is 0 Å². The van der Waals surface area contributed by atoms with Crippen molar-refractivity contribution in [2.75, 3.05) is 5.32 Å². The zero-order chi connectivity index (χ0) is 15.1. The zero-order valence-electron chi connectivity index (χ0n) is 12.6. The van der Waals surface area contributed by atoms with Gasteiger partial charge in [0.2, 0.25) is 5.91 Å². The van der Waals surface area contributed by atoms with E-state index in [0.29, 0.717) is 18.8 Å². The number of rotatable bonds is 7. The topological polar surface area (TPSA) is 75.3 Å². The first-order valence-corrected chi connectivity index (χ1v) is 7.24. The van der Waals surface area contributed by atoms with Crippen molar-refractivity contribution in [2.45, 2.75) is 52.2 Å². The Balaban J connectivity index is 2.54. The quantitative estimate of drug-likeness (QED) is 0.716. The van der Waals surface area contributed by atoms with Gasteiger partial charge in [0.15, 0.2) is 0 Å². The fraction of sp³-hybridized carbons (Fsp3) is 0.562. The van der Waals surface area contributed by atoms with Crippen LogP contribution < -0.4 is 11.1 Å². The first kappa shape index (κ1) is 16.7. The van der Waals surface area contributed by atoms with Crippen LogP contribution >= 0.6 is 0 Å². The number of carbonyl (C=O) groups is 1. The van der Waals surface area contributed by atoms with Crippen molar-refractivity contribution in [3.63, 3.8) is 0 Å². The highest BCUT2D eigenvalue weighted by Crippen LogP contribution is 2.14. The van der Waals surface area contributed by atoms with Crippen LogP contribution in [0.25, 0.3) is 0 Å². The van der Waals surface area contributed by atoms with Crippen LogP contribution in [-0.4, -0.2) is 23.2 Å². The summed E-state index contributed by atoms with van der Waals surface area (Å²) >= 11 is 0. The summed E-state index contributed by atoms with van der Waals surface area (Å²) in [4.78, 5) is 11.3. The predicted molar refractivity (Wildman–Crippen MR) is 82.5 cm³/mol. The first-order chi connectivity index (χ1) is 9.42. The smallest absolute Gasteiger partial charge is 0.224 e. The second-order valence-corrected chi connectivity index (χ2v) is 5.66. The highest BCUT2D eigenvalue weighted by Gasteiger charge is 2.16. The van der Waals surface area contributed by atoms with Crippen molar-refractivity contribution in [3.05, 3.63) is 29.8 Å². The standard InChI is InChI=1S/C16H26N2O2/c1-4-16(20)18-13-7-5-12(6-8-13)10-15(19)14(17)9-11(2)3/h5-8,11,14-15,19H,4,9-10,17H2,1-3H3,(H,18,20)/t14-,15?/m0/s1. The van der Waals surface area contributed by atoms with Crippen molar-refractivity contribution in [1.29, 1.82) is 0 Å². The normalized spacial score (nSPS) is 14.1. The first-order valence-electron chi connectivity index (χ1n) is 7.24. The molecule has 4 N–H and O–H groups in total. The molecule has 20 heavy (non-hydrogen) atoms. The summed E-state index contributed by atoms with van der Waals surface area (Å²) < 4.78 is 0. The number of aliphatic hydroxyl groups excluding tert-OH is 1. The number of aliphatic hydroxyl groups is 1. The van der Waals surface area contributed by atoms with Gasteiger partial charge in [0.25, 0.3) is 0 Å². The molecule has 0 fully saturated rings. The summed E-state index contributed by atoms with van der Waals surface area (Å²) in [7, 11) is 0. The minimum absolute atomic E-state index is 0.00302. The molecule has 0 aliphatic rings. The third-order valence-electron chi connectivity index (χ3n) is 3.24. The Hall–Kier alpha value is -1.39. The molecular weight excluding hydrogens is 252 g/mol. The minimum Gasteiger partial charge on any atom is -0.391 e. The van der Waals surface area contributed by atoms with Gasteiger partial charge in [-0.15, -0.1) is 0 Å². The molecule has 2 atom stereocenters. The van der Waals surface area contributed by atoms with Gasteiger partial charge in [-0.05, 0) is 36.5 Å². The van der Waals surface area contributed by atoms with Crippen LogP contribution in [0.4, 0.5) is 5.69 Å². The fourth-order valence-electron chi connectivity index (χ4n) is 2.07. The number of carbonyl (C=O) groups excluding carboxylic acids is 1. The molecule has 0 bridgehead atoms. The Morgan fingerprint density at radius 1 is 1.30 bits per heavy atom. The molecule has 1 unspecified atom stereocenters.